The van der Waals surface area contributed by atoms with Crippen LogP contribution in [-0.4, -0.2) is 51.0 Å². The van der Waals surface area contributed by atoms with Crippen LogP contribution < -0.4 is 9.80 Å². The van der Waals surface area contributed by atoms with Crippen molar-refractivity contribution >= 4 is 39.3 Å². The molecule has 0 N–H and O–H groups in total. The van der Waals surface area contributed by atoms with Gasteiger partial charge in [0.1, 0.15) is 5.82 Å². The van der Waals surface area contributed by atoms with E-state index in [1.165, 1.54) is 0 Å². The lowest BCUT2D eigenvalue weighted by Gasteiger charge is -2.35. The highest BCUT2D eigenvalue weighted by atomic mass is 32.1. The predicted molar refractivity (Wildman–Crippen MR) is 101 cm³/mol. The summed E-state index contributed by atoms with van der Waals surface area (Å²) in [6.45, 7) is 3.75. The Labute approximate surface area is 152 Å². The lowest BCUT2D eigenvalue weighted by Crippen LogP contribution is -2.46. The summed E-state index contributed by atoms with van der Waals surface area (Å²) in [5, 5.41) is 20.5. The lowest BCUT2D eigenvalue weighted by atomic mass is 10.3. The summed E-state index contributed by atoms with van der Waals surface area (Å²) >= 11 is 3.34. The first kappa shape index (κ1) is 14.8. The summed E-state index contributed by atoms with van der Waals surface area (Å²) in [6.07, 6.45) is 1.86. The standard InChI is InChI=1S/C16H15N7S2/c1-2-14(21-5-7-22(8-6-21)16-17-4-10-25-16)20-23-13(1)18-19-15(23)12-3-9-24-11-12/h1-4,9-11H,5-8H2. The molecule has 0 aromatic carbocycles. The molecule has 1 aliphatic heterocycles. The maximum atomic E-state index is 4.79. The highest BCUT2D eigenvalue weighted by Gasteiger charge is 2.20. The second-order valence-corrected chi connectivity index (χ2v) is 7.44. The van der Waals surface area contributed by atoms with Crippen LogP contribution in [0.1, 0.15) is 0 Å². The number of piperazine rings is 1. The van der Waals surface area contributed by atoms with Crippen LogP contribution in [0, 0.1) is 0 Å². The highest BCUT2D eigenvalue weighted by molar-refractivity contribution is 7.13. The van der Waals surface area contributed by atoms with Gasteiger partial charge in [-0.2, -0.15) is 15.9 Å². The monoisotopic (exact) mass is 369 g/mol. The Morgan fingerprint density at radius 3 is 2.56 bits per heavy atom. The molecule has 25 heavy (non-hydrogen) atoms. The van der Waals surface area contributed by atoms with Crippen molar-refractivity contribution in [3.8, 4) is 11.4 Å². The summed E-state index contributed by atoms with van der Waals surface area (Å²) in [5.41, 5.74) is 1.82. The van der Waals surface area contributed by atoms with Crippen molar-refractivity contribution in [1.29, 1.82) is 0 Å². The van der Waals surface area contributed by atoms with Gasteiger partial charge in [-0.15, -0.1) is 26.6 Å². The van der Waals surface area contributed by atoms with Gasteiger partial charge in [0, 0.05) is 48.7 Å². The van der Waals surface area contributed by atoms with E-state index >= 15 is 0 Å². The second-order valence-electron chi connectivity index (χ2n) is 5.79. The zero-order valence-corrected chi connectivity index (χ0v) is 14.9. The van der Waals surface area contributed by atoms with E-state index in [-0.39, 0.29) is 0 Å². The van der Waals surface area contributed by atoms with Crippen molar-refractivity contribution in [2.75, 3.05) is 36.0 Å². The minimum atomic E-state index is 0.770. The van der Waals surface area contributed by atoms with Crippen molar-refractivity contribution in [2.45, 2.75) is 0 Å². The van der Waals surface area contributed by atoms with Crippen LogP contribution in [0.4, 0.5) is 10.9 Å². The number of fused-ring (bicyclic) bond motifs is 1. The van der Waals surface area contributed by atoms with E-state index in [9.17, 15) is 0 Å². The molecule has 4 aromatic heterocycles. The number of nitrogens with zero attached hydrogens (tertiary/aromatic N) is 7. The maximum Gasteiger partial charge on any atom is 0.186 e. The van der Waals surface area contributed by atoms with E-state index in [0.717, 1.165) is 54.2 Å². The van der Waals surface area contributed by atoms with E-state index in [1.54, 1.807) is 22.7 Å². The Morgan fingerprint density at radius 1 is 0.920 bits per heavy atom. The maximum absolute atomic E-state index is 4.79. The Balaban J connectivity index is 1.41. The number of rotatable bonds is 3. The Kier molecular flexibility index (Phi) is 3.60. The number of hydrogen-bond donors (Lipinski definition) is 0. The van der Waals surface area contributed by atoms with Crippen molar-refractivity contribution in [2.24, 2.45) is 0 Å². The third kappa shape index (κ3) is 2.65. The first-order valence-electron chi connectivity index (χ1n) is 8.03. The molecule has 0 unspecified atom stereocenters. The van der Waals surface area contributed by atoms with Crippen LogP contribution >= 0.6 is 22.7 Å². The van der Waals surface area contributed by atoms with Crippen LogP contribution in [0.25, 0.3) is 17.0 Å². The molecular formula is C16H15N7S2. The molecular weight excluding hydrogens is 354 g/mol. The molecule has 126 valence electrons. The van der Waals surface area contributed by atoms with E-state index in [4.69, 9.17) is 5.10 Å². The molecule has 0 spiro atoms. The highest BCUT2D eigenvalue weighted by Crippen LogP contribution is 2.23. The van der Waals surface area contributed by atoms with E-state index < -0.39 is 0 Å². The van der Waals surface area contributed by atoms with Crippen molar-refractivity contribution in [3.05, 3.63) is 40.5 Å². The van der Waals surface area contributed by atoms with Crippen LogP contribution in [0.15, 0.2) is 40.5 Å². The van der Waals surface area contributed by atoms with Gasteiger partial charge in [-0.25, -0.2) is 4.98 Å². The van der Waals surface area contributed by atoms with E-state index in [2.05, 4.69) is 30.4 Å². The van der Waals surface area contributed by atoms with Gasteiger partial charge in [-0.1, -0.05) is 0 Å². The summed E-state index contributed by atoms with van der Waals surface area (Å²) in [5.74, 6) is 1.75. The van der Waals surface area contributed by atoms with Crippen LogP contribution in [0.2, 0.25) is 0 Å². The van der Waals surface area contributed by atoms with Gasteiger partial charge in [-0.3, -0.25) is 0 Å². The van der Waals surface area contributed by atoms with Gasteiger partial charge in [0.15, 0.2) is 16.6 Å². The van der Waals surface area contributed by atoms with Crippen LogP contribution in [0.3, 0.4) is 0 Å². The number of thiazole rings is 1. The number of aromatic nitrogens is 5. The zero-order chi connectivity index (χ0) is 16.6. The Morgan fingerprint density at radius 2 is 1.80 bits per heavy atom. The minimum Gasteiger partial charge on any atom is -0.352 e. The average molecular weight is 369 g/mol. The molecule has 1 aliphatic rings. The van der Waals surface area contributed by atoms with Crippen LogP contribution in [-0.2, 0) is 0 Å². The average Bonchev–Trinajstić information content (AvgIpc) is 3.41. The van der Waals surface area contributed by atoms with Crippen LogP contribution in [0.5, 0.6) is 0 Å². The van der Waals surface area contributed by atoms with Gasteiger partial charge < -0.3 is 9.80 Å². The fourth-order valence-electron chi connectivity index (χ4n) is 3.02. The van der Waals surface area contributed by atoms with E-state index in [0.29, 0.717) is 0 Å². The third-order valence-electron chi connectivity index (χ3n) is 4.32. The minimum absolute atomic E-state index is 0.770. The molecule has 0 bridgehead atoms. The molecule has 7 nitrogen and oxygen atoms in total. The smallest absolute Gasteiger partial charge is 0.186 e. The second kappa shape index (κ2) is 6.08. The van der Waals surface area contributed by atoms with Gasteiger partial charge in [0.05, 0.1) is 0 Å². The molecule has 0 atom stereocenters. The fourth-order valence-corrected chi connectivity index (χ4v) is 4.35. The van der Waals surface area contributed by atoms with Crippen molar-refractivity contribution < 1.29 is 0 Å². The first-order chi connectivity index (χ1) is 12.4. The summed E-state index contributed by atoms with van der Waals surface area (Å²) in [7, 11) is 0. The van der Waals surface area contributed by atoms with Crippen molar-refractivity contribution in [3.63, 3.8) is 0 Å². The Hall–Kier alpha value is -2.52. The molecule has 0 amide bonds. The normalized spacial score (nSPS) is 15.2. The largest absolute Gasteiger partial charge is 0.352 e. The summed E-state index contributed by atoms with van der Waals surface area (Å²) in [4.78, 5) is 9.04. The summed E-state index contributed by atoms with van der Waals surface area (Å²) < 4.78 is 1.84. The quantitative estimate of drug-likeness (QED) is 0.553. The van der Waals surface area contributed by atoms with Gasteiger partial charge in [0.25, 0.3) is 0 Å². The molecule has 0 aliphatic carbocycles. The number of thiophene rings is 1. The topological polar surface area (TPSA) is 62.5 Å². The Bertz CT molecular complexity index is 969. The van der Waals surface area contributed by atoms with Gasteiger partial charge in [-0.05, 0) is 23.6 Å². The SMILES string of the molecule is c1csc(N2CCN(c3ccc4nnc(-c5ccsc5)n4n3)CC2)n1. The molecule has 4 aromatic rings. The molecule has 1 fully saturated rings. The predicted octanol–water partition coefficient (Wildman–Crippen LogP) is 2.64. The lowest BCUT2D eigenvalue weighted by molar-refractivity contribution is 0.640. The first-order valence-corrected chi connectivity index (χ1v) is 9.85. The molecule has 0 saturated carbocycles. The molecule has 9 heteroatoms. The van der Waals surface area contributed by atoms with Gasteiger partial charge >= 0.3 is 0 Å². The van der Waals surface area contributed by atoms with Crippen molar-refractivity contribution in [1.82, 2.24) is 24.8 Å². The molecule has 5 rings (SSSR count). The number of anilines is 2. The zero-order valence-electron chi connectivity index (χ0n) is 13.3. The fraction of sp³-hybridized carbons (Fsp3) is 0.250. The van der Waals surface area contributed by atoms with Gasteiger partial charge in [0.2, 0.25) is 0 Å². The number of hydrogen-bond acceptors (Lipinski definition) is 8. The summed E-state index contributed by atoms with van der Waals surface area (Å²) in [6, 6.07) is 6.06. The molecule has 5 heterocycles. The third-order valence-corrected chi connectivity index (χ3v) is 5.84. The molecule has 0 radical (unpaired) electrons. The molecule has 1 saturated heterocycles. The van der Waals surface area contributed by atoms with E-state index in [1.807, 2.05) is 39.7 Å².